The predicted octanol–water partition coefficient (Wildman–Crippen LogP) is 11.9. The Hall–Kier alpha value is -6.91. The maximum atomic E-state index is 5.12. The Balaban J connectivity index is 1.21. The first-order valence-electron chi connectivity index (χ1n) is 17.2. The van der Waals surface area contributed by atoms with Crippen molar-refractivity contribution in [3.63, 3.8) is 0 Å². The molecule has 0 saturated heterocycles. The maximum absolute atomic E-state index is 5.12. The van der Waals surface area contributed by atoms with Gasteiger partial charge in [0.05, 0.1) is 16.6 Å². The SMILES string of the molecule is c1ccc(-c2ccc(-c3nc(-c4ccccc4)nc(-c4ccc5c(c4)c4ccccc4c4c(-c6ccccc6)c6ccccc6n54)n3)cc2)cc1. The highest BCUT2D eigenvalue weighted by atomic mass is 15.0. The molecule has 0 radical (unpaired) electrons. The highest BCUT2D eigenvalue weighted by Gasteiger charge is 2.20. The molecule has 0 aliphatic heterocycles. The zero-order valence-electron chi connectivity index (χ0n) is 27.6. The van der Waals surface area contributed by atoms with Crippen LogP contribution in [-0.4, -0.2) is 19.4 Å². The van der Waals surface area contributed by atoms with Crippen LogP contribution in [0.25, 0.3) is 94.5 Å². The van der Waals surface area contributed by atoms with Crippen LogP contribution in [0.1, 0.15) is 0 Å². The van der Waals surface area contributed by atoms with Gasteiger partial charge in [-0.05, 0) is 46.3 Å². The molecular formula is C47H30N4. The molecule has 0 bridgehead atoms. The number of pyridine rings is 1. The third kappa shape index (κ3) is 4.88. The third-order valence-electron chi connectivity index (χ3n) is 9.82. The largest absolute Gasteiger partial charge is 0.308 e. The molecule has 0 spiro atoms. The molecule has 10 rings (SSSR count). The van der Waals surface area contributed by atoms with Gasteiger partial charge in [0.15, 0.2) is 17.5 Å². The molecule has 4 nitrogen and oxygen atoms in total. The van der Waals surface area contributed by atoms with Crippen LogP contribution in [-0.2, 0) is 0 Å². The molecular weight excluding hydrogens is 621 g/mol. The Morgan fingerprint density at radius 1 is 0.294 bits per heavy atom. The molecule has 3 aromatic heterocycles. The van der Waals surface area contributed by atoms with Crippen LogP contribution >= 0.6 is 0 Å². The average molecular weight is 651 g/mol. The standard InChI is InChI=1S/C47H30N4/c1-4-14-31(15-5-1)32-24-26-35(27-25-32)46-48-45(34-18-8-3-9-19-34)49-47(50-46)36-28-29-42-40(30-36)37-20-10-11-21-38(37)44-43(33-16-6-2-7-17-33)39-22-12-13-23-41(39)51(42)44/h1-30H. The van der Waals surface area contributed by atoms with E-state index in [1.165, 1.54) is 43.9 Å². The normalized spacial score (nSPS) is 11.5. The number of fused-ring (bicyclic) bond motifs is 8. The lowest BCUT2D eigenvalue weighted by molar-refractivity contribution is 1.07. The van der Waals surface area contributed by atoms with Crippen molar-refractivity contribution in [1.82, 2.24) is 19.4 Å². The quantitative estimate of drug-likeness (QED) is 0.174. The van der Waals surface area contributed by atoms with Crippen LogP contribution in [0.4, 0.5) is 0 Å². The predicted molar refractivity (Wildman–Crippen MR) is 210 cm³/mol. The zero-order chi connectivity index (χ0) is 33.7. The van der Waals surface area contributed by atoms with Gasteiger partial charge in [0, 0.05) is 38.4 Å². The summed E-state index contributed by atoms with van der Waals surface area (Å²) in [5.41, 5.74) is 11.1. The monoisotopic (exact) mass is 650 g/mol. The number of para-hydroxylation sites is 1. The second kappa shape index (κ2) is 11.9. The van der Waals surface area contributed by atoms with E-state index >= 15 is 0 Å². The van der Waals surface area contributed by atoms with Crippen LogP contribution in [0.3, 0.4) is 0 Å². The van der Waals surface area contributed by atoms with Crippen molar-refractivity contribution in [3.8, 4) is 56.4 Å². The highest BCUT2D eigenvalue weighted by molar-refractivity contribution is 6.22. The van der Waals surface area contributed by atoms with Crippen LogP contribution in [0.5, 0.6) is 0 Å². The minimum absolute atomic E-state index is 0.638. The third-order valence-corrected chi connectivity index (χ3v) is 9.82. The number of hydrogen-bond acceptors (Lipinski definition) is 3. The Bertz CT molecular complexity index is 2880. The highest BCUT2D eigenvalue weighted by Crippen LogP contribution is 2.43. The molecule has 238 valence electrons. The molecule has 10 aromatic rings. The number of rotatable bonds is 5. The summed E-state index contributed by atoms with van der Waals surface area (Å²) in [4.78, 5) is 15.2. The van der Waals surface area contributed by atoms with E-state index in [1.54, 1.807) is 0 Å². The lowest BCUT2D eigenvalue weighted by Crippen LogP contribution is -2.00. The van der Waals surface area contributed by atoms with E-state index in [0.29, 0.717) is 17.5 Å². The van der Waals surface area contributed by atoms with Gasteiger partial charge in [0.1, 0.15) is 0 Å². The van der Waals surface area contributed by atoms with Gasteiger partial charge in [0.25, 0.3) is 0 Å². The summed E-state index contributed by atoms with van der Waals surface area (Å²) >= 11 is 0. The van der Waals surface area contributed by atoms with E-state index in [2.05, 4.69) is 150 Å². The Kier molecular flexibility index (Phi) is 6.78. The summed E-state index contributed by atoms with van der Waals surface area (Å²) in [7, 11) is 0. The lowest BCUT2D eigenvalue weighted by Gasteiger charge is -2.13. The average Bonchev–Trinajstić information content (AvgIpc) is 3.57. The Morgan fingerprint density at radius 3 is 1.39 bits per heavy atom. The van der Waals surface area contributed by atoms with Crippen molar-refractivity contribution in [2.45, 2.75) is 0 Å². The minimum Gasteiger partial charge on any atom is -0.308 e. The van der Waals surface area contributed by atoms with E-state index in [1.807, 2.05) is 36.4 Å². The van der Waals surface area contributed by atoms with E-state index in [-0.39, 0.29) is 0 Å². The molecule has 0 aliphatic rings. The van der Waals surface area contributed by atoms with Gasteiger partial charge < -0.3 is 4.40 Å². The Labute approximate surface area is 295 Å². The molecule has 0 aliphatic carbocycles. The number of hydrogen-bond donors (Lipinski definition) is 0. The lowest BCUT2D eigenvalue weighted by atomic mass is 9.98. The van der Waals surface area contributed by atoms with Gasteiger partial charge in [-0.15, -0.1) is 0 Å². The molecule has 0 atom stereocenters. The van der Waals surface area contributed by atoms with Crippen molar-refractivity contribution in [2.75, 3.05) is 0 Å². The molecule has 0 saturated carbocycles. The number of benzene rings is 7. The van der Waals surface area contributed by atoms with Crippen LogP contribution in [0, 0.1) is 0 Å². The molecule has 0 fully saturated rings. The van der Waals surface area contributed by atoms with Crippen molar-refractivity contribution in [2.24, 2.45) is 0 Å². The number of aromatic nitrogens is 4. The van der Waals surface area contributed by atoms with Crippen LogP contribution in [0.15, 0.2) is 182 Å². The first-order valence-corrected chi connectivity index (χ1v) is 17.2. The Morgan fingerprint density at radius 2 is 0.725 bits per heavy atom. The fraction of sp³-hybridized carbons (Fsp3) is 0. The fourth-order valence-electron chi connectivity index (χ4n) is 7.45. The molecule has 0 N–H and O–H groups in total. The zero-order valence-corrected chi connectivity index (χ0v) is 27.6. The van der Waals surface area contributed by atoms with E-state index < -0.39 is 0 Å². The molecule has 0 unspecified atom stereocenters. The summed E-state index contributed by atoms with van der Waals surface area (Å²) in [6.45, 7) is 0. The molecule has 51 heavy (non-hydrogen) atoms. The van der Waals surface area contributed by atoms with Crippen LogP contribution < -0.4 is 0 Å². The summed E-state index contributed by atoms with van der Waals surface area (Å²) < 4.78 is 2.43. The maximum Gasteiger partial charge on any atom is 0.164 e. The smallest absolute Gasteiger partial charge is 0.164 e. The van der Waals surface area contributed by atoms with E-state index in [0.717, 1.165) is 33.2 Å². The van der Waals surface area contributed by atoms with Gasteiger partial charge in [-0.2, -0.15) is 0 Å². The topological polar surface area (TPSA) is 43.1 Å². The fourth-order valence-corrected chi connectivity index (χ4v) is 7.45. The van der Waals surface area contributed by atoms with Gasteiger partial charge in [0.2, 0.25) is 0 Å². The minimum atomic E-state index is 0.638. The van der Waals surface area contributed by atoms with Crippen molar-refractivity contribution < 1.29 is 0 Å². The second-order valence-corrected chi connectivity index (χ2v) is 12.8. The molecule has 0 amide bonds. The van der Waals surface area contributed by atoms with Gasteiger partial charge in [-0.25, -0.2) is 15.0 Å². The summed E-state index contributed by atoms with van der Waals surface area (Å²) in [6, 6.07) is 63.9. The van der Waals surface area contributed by atoms with Gasteiger partial charge in [-0.1, -0.05) is 158 Å². The molecule has 3 heterocycles. The molecule has 7 aromatic carbocycles. The van der Waals surface area contributed by atoms with Gasteiger partial charge in [-0.3, -0.25) is 0 Å². The van der Waals surface area contributed by atoms with Crippen LogP contribution in [0.2, 0.25) is 0 Å². The van der Waals surface area contributed by atoms with E-state index in [4.69, 9.17) is 15.0 Å². The number of nitrogens with zero attached hydrogens (tertiary/aromatic N) is 4. The summed E-state index contributed by atoms with van der Waals surface area (Å²) in [5, 5.41) is 4.78. The first-order chi connectivity index (χ1) is 25.3. The van der Waals surface area contributed by atoms with E-state index in [9.17, 15) is 0 Å². The summed E-state index contributed by atoms with van der Waals surface area (Å²) in [5.74, 6) is 1.93. The summed E-state index contributed by atoms with van der Waals surface area (Å²) in [6.07, 6.45) is 0. The van der Waals surface area contributed by atoms with Crippen molar-refractivity contribution in [1.29, 1.82) is 0 Å². The molecule has 4 heteroatoms. The second-order valence-electron chi connectivity index (χ2n) is 12.8. The van der Waals surface area contributed by atoms with Crippen molar-refractivity contribution >= 4 is 38.1 Å². The van der Waals surface area contributed by atoms with Gasteiger partial charge >= 0.3 is 0 Å². The van der Waals surface area contributed by atoms with Crippen molar-refractivity contribution in [3.05, 3.63) is 182 Å². The first kappa shape index (κ1) is 29.0.